The zero-order valence-electron chi connectivity index (χ0n) is 15.9. The van der Waals surface area contributed by atoms with Crippen LogP contribution in [0.5, 0.6) is 11.5 Å². The quantitative estimate of drug-likeness (QED) is 0.654. The van der Waals surface area contributed by atoms with E-state index in [9.17, 15) is 9.59 Å². The summed E-state index contributed by atoms with van der Waals surface area (Å²) in [4.78, 5) is 24.8. The van der Waals surface area contributed by atoms with E-state index in [0.717, 1.165) is 10.8 Å². The van der Waals surface area contributed by atoms with Gasteiger partial charge in [0.15, 0.2) is 6.10 Å². The number of rotatable bonds is 6. The first kappa shape index (κ1) is 19.2. The normalized spacial score (nSPS) is 11.5. The first-order valence-electron chi connectivity index (χ1n) is 8.74. The summed E-state index contributed by atoms with van der Waals surface area (Å²) in [5, 5.41) is 4.85. The second kappa shape index (κ2) is 8.43. The van der Waals surface area contributed by atoms with Crippen LogP contribution in [0.15, 0.2) is 60.7 Å². The monoisotopic (exact) mass is 379 g/mol. The molecule has 0 unspecified atom stereocenters. The maximum atomic E-state index is 12.4. The topological polar surface area (TPSA) is 73.9 Å². The Kier molecular flexibility index (Phi) is 5.79. The van der Waals surface area contributed by atoms with Gasteiger partial charge < -0.3 is 19.5 Å². The number of hydrogen-bond acceptors (Lipinski definition) is 5. The van der Waals surface area contributed by atoms with Gasteiger partial charge in [-0.15, -0.1) is 0 Å². The molecular formula is C22H21NO5. The van der Waals surface area contributed by atoms with Crippen LogP contribution in [0.3, 0.4) is 0 Å². The maximum absolute atomic E-state index is 12.4. The van der Waals surface area contributed by atoms with Gasteiger partial charge in [0.2, 0.25) is 0 Å². The van der Waals surface area contributed by atoms with E-state index in [2.05, 4.69) is 5.32 Å². The Morgan fingerprint density at radius 2 is 1.50 bits per heavy atom. The molecule has 3 aromatic rings. The number of methoxy groups -OCH3 is 2. The number of anilines is 1. The molecule has 1 amide bonds. The predicted molar refractivity (Wildman–Crippen MR) is 107 cm³/mol. The van der Waals surface area contributed by atoms with Crippen LogP contribution in [0.1, 0.15) is 17.3 Å². The molecule has 3 aromatic carbocycles. The molecule has 0 aliphatic rings. The Bertz CT molecular complexity index is 992. The third-order valence-electron chi connectivity index (χ3n) is 4.26. The summed E-state index contributed by atoms with van der Waals surface area (Å²) in [6, 6.07) is 18.1. The van der Waals surface area contributed by atoms with E-state index in [0.29, 0.717) is 17.2 Å². The van der Waals surface area contributed by atoms with E-state index in [1.807, 2.05) is 42.5 Å². The molecule has 0 fully saturated rings. The van der Waals surface area contributed by atoms with Crippen LogP contribution in [0.25, 0.3) is 10.8 Å². The van der Waals surface area contributed by atoms with Crippen LogP contribution in [-0.2, 0) is 9.53 Å². The van der Waals surface area contributed by atoms with E-state index < -0.39 is 18.0 Å². The highest BCUT2D eigenvalue weighted by molar-refractivity contribution is 5.99. The molecule has 28 heavy (non-hydrogen) atoms. The van der Waals surface area contributed by atoms with E-state index >= 15 is 0 Å². The van der Waals surface area contributed by atoms with Crippen molar-refractivity contribution >= 4 is 28.3 Å². The van der Waals surface area contributed by atoms with E-state index in [-0.39, 0.29) is 5.56 Å². The van der Waals surface area contributed by atoms with Gasteiger partial charge in [-0.3, -0.25) is 4.79 Å². The van der Waals surface area contributed by atoms with Crippen molar-refractivity contribution in [3.05, 3.63) is 66.2 Å². The summed E-state index contributed by atoms with van der Waals surface area (Å²) in [5.41, 5.74) is 0.871. The second-order valence-corrected chi connectivity index (χ2v) is 6.20. The largest absolute Gasteiger partial charge is 0.497 e. The summed E-state index contributed by atoms with van der Waals surface area (Å²) in [6.45, 7) is 1.52. The molecule has 0 aliphatic heterocycles. The summed E-state index contributed by atoms with van der Waals surface area (Å²) in [5.74, 6) is -0.143. The fraction of sp³-hybridized carbons (Fsp3) is 0.182. The third kappa shape index (κ3) is 4.40. The lowest BCUT2D eigenvalue weighted by Crippen LogP contribution is -2.30. The molecule has 0 bridgehead atoms. The third-order valence-corrected chi connectivity index (χ3v) is 4.26. The second-order valence-electron chi connectivity index (χ2n) is 6.20. The van der Waals surface area contributed by atoms with Crippen LogP contribution in [0.2, 0.25) is 0 Å². The molecule has 1 atom stereocenters. The van der Waals surface area contributed by atoms with Gasteiger partial charge in [-0.2, -0.15) is 0 Å². The molecule has 0 aromatic heterocycles. The fourth-order valence-electron chi connectivity index (χ4n) is 2.72. The number of nitrogens with one attached hydrogen (secondary N) is 1. The highest BCUT2D eigenvalue weighted by atomic mass is 16.5. The van der Waals surface area contributed by atoms with Crippen molar-refractivity contribution < 1.29 is 23.8 Å². The van der Waals surface area contributed by atoms with Gasteiger partial charge in [-0.1, -0.05) is 30.3 Å². The highest BCUT2D eigenvalue weighted by Crippen LogP contribution is 2.23. The number of ether oxygens (including phenoxy) is 3. The number of carbonyl (C=O) groups excluding carboxylic acids is 2. The number of amides is 1. The first-order chi connectivity index (χ1) is 13.5. The zero-order chi connectivity index (χ0) is 20.1. The van der Waals surface area contributed by atoms with Gasteiger partial charge in [0, 0.05) is 11.8 Å². The lowest BCUT2D eigenvalue weighted by molar-refractivity contribution is -0.123. The molecule has 6 nitrogen and oxygen atoms in total. The molecule has 1 N–H and O–H groups in total. The molecule has 0 radical (unpaired) electrons. The fourth-order valence-corrected chi connectivity index (χ4v) is 2.72. The smallest absolute Gasteiger partial charge is 0.339 e. The van der Waals surface area contributed by atoms with E-state index in [4.69, 9.17) is 14.2 Å². The SMILES string of the molecule is COc1cc(OC)cc(C(=O)O[C@@H](C)C(=O)Nc2ccc3ccccc3c2)c1. The highest BCUT2D eigenvalue weighted by Gasteiger charge is 2.20. The van der Waals surface area contributed by atoms with Crippen LogP contribution in [0.4, 0.5) is 5.69 Å². The van der Waals surface area contributed by atoms with Crippen molar-refractivity contribution in [2.45, 2.75) is 13.0 Å². The van der Waals surface area contributed by atoms with Crippen molar-refractivity contribution in [1.82, 2.24) is 0 Å². The minimum atomic E-state index is -0.976. The zero-order valence-corrected chi connectivity index (χ0v) is 15.9. The summed E-state index contributed by atoms with van der Waals surface area (Å²) >= 11 is 0. The molecule has 0 aliphatic carbocycles. The Balaban J connectivity index is 1.68. The summed E-state index contributed by atoms with van der Waals surface area (Å²) < 4.78 is 15.6. The molecule has 144 valence electrons. The van der Waals surface area contributed by atoms with Crippen molar-refractivity contribution in [2.24, 2.45) is 0 Å². The van der Waals surface area contributed by atoms with Gasteiger partial charge in [0.05, 0.1) is 19.8 Å². The number of fused-ring (bicyclic) bond motifs is 1. The van der Waals surface area contributed by atoms with Crippen molar-refractivity contribution in [2.75, 3.05) is 19.5 Å². The molecular weight excluding hydrogens is 358 g/mol. The number of carbonyl (C=O) groups is 2. The average molecular weight is 379 g/mol. The molecule has 0 saturated carbocycles. The van der Waals surface area contributed by atoms with Crippen molar-refractivity contribution in [3.63, 3.8) is 0 Å². The van der Waals surface area contributed by atoms with Gasteiger partial charge in [-0.25, -0.2) is 4.79 Å². The van der Waals surface area contributed by atoms with Crippen molar-refractivity contribution in [3.8, 4) is 11.5 Å². The lowest BCUT2D eigenvalue weighted by Gasteiger charge is -2.15. The van der Waals surface area contributed by atoms with Crippen molar-refractivity contribution in [1.29, 1.82) is 0 Å². The molecule has 6 heteroatoms. The predicted octanol–water partition coefficient (Wildman–Crippen LogP) is 4.04. The molecule has 0 spiro atoms. The van der Waals surface area contributed by atoms with Gasteiger partial charge in [0.1, 0.15) is 11.5 Å². The van der Waals surface area contributed by atoms with Crippen LogP contribution in [-0.4, -0.2) is 32.2 Å². The number of hydrogen-bond donors (Lipinski definition) is 1. The average Bonchev–Trinajstić information content (AvgIpc) is 2.73. The standard InChI is InChI=1S/C22H21NO5/c1-14(28-22(25)17-11-19(26-2)13-20(12-17)27-3)21(24)23-18-9-8-15-6-4-5-7-16(15)10-18/h4-14H,1-3H3,(H,23,24)/t14-/m0/s1. The van der Waals surface area contributed by atoms with E-state index in [1.54, 1.807) is 6.07 Å². The summed E-state index contributed by atoms with van der Waals surface area (Å²) in [6.07, 6.45) is -0.976. The Morgan fingerprint density at radius 1 is 0.857 bits per heavy atom. The van der Waals surface area contributed by atoms with Gasteiger partial charge in [-0.05, 0) is 42.0 Å². The number of benzene rings is 3. The lowest BCUT2D eigenvalue weighted by atomic mass is 10.1. The number of esters is 1. The van der Waals surface area contributed by atoms with Crippen LogP contribution in [0, 0.1) is 0 Å². The summed E-state index contributed by atoms with van der Waals surface area (Å²) in [7, 11) is 2.98. The van der Waals surface area contributed by atoms with E-state index in [1.165, 1.54) is 33.3 Å². The first-order valence-corrected chi connectivity index (χ1v) is 8.74. The maximum Gasteiger partial charge on any atom is 0.339 e. The Morgan fingerprint density at radius 3 is 2.14 bits per heavy atom. The minimum Gasteiger partial charge on any atom is -0.497 e. The molecule has 0 saturated heterocycles. The molecule has 0 heterocycles. The minimum absolute atomic E-state index is 0.238. The van der Waals surface area contributed by atoms with Gasteiger partial charge >= 0.3 is 5.97 Å². The van der Waals surface area contributed by atoms with Crippen LogP contribution >= 0.6 is 0 Å². The Hall–Kier alpha value is -3.54. The van der Waals surface area contributed by atoms with Crippen LogP contribution < -0.4 is 14.8 Å². The van der Waals surface area contributed by atoms with Gasteiger partial charge in [0.25, 0.3) is 5.91 Å². The molecule has 3 rings (SSSR count). The Labute approximate surface area is 163 Å².